The van der Waals surface area contributed by atoms with Gasteiger partial charge in [0.05, 0.1) is 24.7 Å². The van der Waals surface area contributed by atoms with Crippen molar-refractivity contribution < 1.29 is 23.9 Å². The molecule has 8 heteroatoms. The predicted octanol–water partition coefficient (Wildman–Crippen LogP) is 2.05. The Morgan fingerprint density at radius 2 is 1.93 bits per heavy atom. The van der Waals surface area contributed by atoms with Gasteiger partial charge in [-0.2, -0.15) is 5.26 Å². The molecule has 0 fully saturated rings. The largest absolute Gasteiger partial charge is 0.475 e. The van der Waals surface area contributed by atoms with Crippen LogP contribution in [-0.4, -0.2) is 37.0 Å². The van der Waals surface area contributed by atoms with E-state index < -0.39 is 24.6 Å². The van der Waals surface area contributed by atoms with Crippen molar-refractivity contribution in [2.45, 2.75) is 19.4 Å². The van der Waals surface area contributed by atoms with Crippen LogP contribution in [0.15, 0.2) is 48.5 Å². The van der Waals surface area contributed by atoms with Gasteiger partial charge >= 0.3 is 5.97 Å². The van der Waals surface area contributed by atoms with Gasteiger partial charge in [-0.1, -0.05) is 24.3 Å². The van der Waals surface area contributed by atoms with Crippen LogP contribution in [0.5, 0.6) is 5.75 Å². The van der Waals surface area contributed by atoms with Crippen molar-refractivity contribution in [3.8, 4) is 11.8 Å². The first-order chi connectivity index (χ1) is 14.0. The number of carbonyl (C=O) groups excluding carboxylic acids is 3. The summed E-state index contributed by atoms with van der Waals surface area (Å²) < 4.78 is 10.7. The van der Waals surface area contributed by atoms with Crippen LogP contribution in [0.25, 0.3) is 0 Å². The molecule has 2 aromatic rings. The average Bonchev–Trinajstić information content (AvgIpc) is 2.72. The number of hydrogen-bond acceptors (Lipinski definition) is 6. The SMILES string of the molecule is CC(=O)N1C[C@@H](C(=O)OCC(=O)Nc2ccc(CC#N)cc2)Oc2ccccc21. The molecule has 1 aliphatic heterocycles. The number of anilines is 2. The third kappa shape index (κ3) is 4.90. The number of hydrogen-bond donors (Lipinski definition) is 1. The second-order valence-electron chi connectivity index (χ2n) is 6.39. The molecule has 0 spiro atoms. The van der Waals surface area contributed by atoms with Gasteiger partial charge in [0.1, 0.15) is 5.75 Å². The zero-order valence-electron chi connectivity index (χ0n) is 15.8. The minimum absolute atomic E-state index is 0.00710. The number of rotatable bonds is 5. The Bertz CT molecular complexity index is 965. The average molecular weight is 393 g/mol. The zero-order valence-corrected chi connectivity index (χ0v) is 15.8. The highest BCUT2D eigenvalue weighted by atomic mass is 16.6. The second kappa shape index (κ2) is 8.89. The minimum atomic E-state index is -1.02. The third-order valence-corrected chi connectivity index (χ3v) is 4.28. The normalized spacial score (nSPS) is 14.8. The molecule has 0 aliphatic carbocycles. The molecule has 1 atom stereocenters. The number of benzene rings is 2. The van der Waals surface area contributed by atoms with Gasteiger partial charge in [0, 0.05) is 12.6 Å². The van der Waals surface area contributed by atoms with Crippen LogP contribution in [0, 0.1) is 11.3 Å². The first kappa shape index (κ1) is 19.9. The van der Waals surface area contributed by atoms with E-state index in [1.165, 1.54) is 11.8 Å². The summed E-state index contributed by atoms with van der Waals surface area (Å²) in [7, 11) is 0. The van der Waals surface area contributed by atoms with Gasteiger partial charge < -0.3 is 19.7 Å². The molecule has 148 valence electrons. The minimum Gasteiger partial charge on any atom is -0.475 e. The van der Waals surface area contributed by atoms with Crippen molar-refractivity contribution in [2.75, 3.05) is 23.4 Å². The standard InChI is InChI=1S/C21H19N3O5/c1-14(25)24-12-19(29-18-5-3-2-4-17(18)24)21(27)28-13-20(26)23-16-8-6-15(7-9-16)10-11-22/h2-9,19H,10,12-13H2,1H3,(H,23,26)/t19-/m0/s1. The lowest BCUT2D eigenvalue weighted by Gasteiger charge is -2.33. The van der Waals surface area contributed by atoms with E-state index in [2.05, 4.69) is 5.32 Å². The van der Waals surface area contributed by atoms with E-state index in [-0.39, 0.29) is 18.9 Å². The monoisotopic (exact) mass is 393 g/mol. The van der Waals surface area contributed by atoms with E-state index in [4.69, 9.17) is 14.7 Å². The summed E-state index contributed by atoms with van der Waals surface area (Å²) in [5.74, 6) is -1.06. The lowest BCUT2D eigenvalue weighted by molar-refractivity contribution is -0.154. The molecule has 1 N–H and O–H groups in total. The molecule has 2 aromatic carbocycles. The number of fused-ring (bicyclic) bond motifs is 1. The maximum absolute atomic E-state index is 12.4. The maximum atomic E-state index is 12.4. The fraction of sp³-hybridized carbons (Fsp3) is 0.238. The number of nitriles is 1. The van der Waals surface area contributed by atoms with Crippen molar-refractivity contribution in [1.82, 2.24) is 0 Å². The summed E-state index contributed by atoms with van der Waals surface area (Å²) in [5.41, 5.74) is 1.95. The summed E-state index contributed by atoms with van der Waals surface area (Å²) in [6.45, 7) is 0.924. The molecule has 1 heterocycles. The van der Waals surface area contributed by atoms with Crippen molar-refractivity contribution in [3.63, 3.8) is 0 Å². The van der Waals surface area contributed by atoms with Gasteiger partial charge in [0.2, 0.25) is 12.0 Å². The Balaban J connectivity index is 1.56. The van der Waals surface area contributed by atoms with Gasteiger partial charge in [-0.3, -0.25) is 9.59 Å². The number of carbonyl (C=O) groups is 3. The number of nitrogens with zero attached hydrogens (tertiary/aromatic N) is 2. The number of nitrogens with one attached hydrogen (secondary N) is 1. The molecule has 29 heavy (non-hydrogen) atoms. The Labute approximate surface area is 167 Å². The van der Waals surface area contributed by atoms with E-state index in [0.29, 0.717) is 17.1 Å². The highest BCUT2D eigenvalue weighted by Gasteiger charge is 2.33. The van der Waals surface area contributed by atoms with Crippen LogP contribution in [0.4, 0.5) is 11.4 Å². The lowest BCUT2D eigenvalue weighted by atomic mass is 10.1. The molecular formula is C21H19N3O5. The van der Waals surface area contributed by atoms with Gasteiger partial charge in [0.15, 0.2) is 6.61 Å². The molecule has 1 aliphatic rings. The van der Waals surface area contributed by atoms with Gasteiger partial charge in [0.25, 0.3) is 5.91 Å². The molecule has 0 unspecified atom stereocenters. The number of esters is 1. The van der Waals surface area contributed by atoms with Gasteiger partial charge in [-0.25, -0.2) is 4.79 Å². The van der Waals surface area contributed by atoms with Crippen LogP contribution in [0.2, 0.25) is 0 Å². The number of para-hydroxylation sites is 2. The number of amides is 2. The second-order valence-corrected chi connectivity index (χ2v) is 6.39. The van der Waals surface area contributed by atoms with Crippen LogP contribution in [0.3, 0.4) is 0 Å². The summed E-state index contributed by atoms with van der Waals surface area (Å²) in [4.78, 5) is 37.7. The predicted molar refractivity (Wildman–Crippen MR) is 104 cm³/mol. The summed E-state index contributed by atoms with van der Waals surface area (Å²) in [6.07, 6.45) is -0.736. The smallest absolute Gasteiger partial charge is 0.349 e. The summed E-state index contributed by atoms with van der Waals surface area (Å²) in [6, 6.07) is 15.7. The highest BCUT2D eigenvalue weighted by Crippen LogP contribution is 2.33. The van der Waals surface area contributed by atoms with E-state index in [0.717, 1.165) is 5.56 Å². The fourth-order valence-corrected chi connectivity index (χ4v) is 2.88. The van der Waals surface area contributed by atoms with Crippen LogP contribution in [0.1, 0.15) is 12.5 Å². The molecule has 0 radical (unpaired) electrons. The van der Waals surface area contributed by atoms with Crippen molar-refractivity contribution in [1.29, 1.82) is 5.26 Å². The number of ether oxygens (including phenoxy) is 2. The Morgan fingerprint density at radius 1 is 1.21 bits per heavy atom. The molecule has 0 bridgehead atoms. The quantitative estimate of drug-likeness (QED) is 0.779. The Morgan fingerprint density at radius 3 is 2.62 bits per heavy atom. The van der Waals surface area contributed by atoms with E-state index in [1.807, 2.05) is 6.07 Å². The summed E-state index contributed by atoms with van der Waals surface area (Å²) in [5, 5.41) is 11.3. The Kier molecular flexibility index (Phi) is 6.09. The Hall–Kier alpha value is -3.86. The van der Waals surface area contributed by atoms with Gasteiger partial charge in [-0.05, 0) is 29.8 Å². The van der Waals surface area contributed by atoms with E-state index >= 15 is 0 Å². The molecular weight excluding hydrogens is 374 g/mol. The van der Waals surface area contributed by atoms with Crippen molar-refractivity contribution in [3.05, 3.63) is 54.1 Å². The molecule has 0 aromatic heterocycles. The maximum Gasteiger partial charge on any atom is 0.349 e. The molecule has 2 amide bonds. The van der Waals surface area contributed by atoms with Gasteiger partial charge in [-0.15, -0.1) is 0 Å². The first-order valence-corrected chi connectivity index (χ1v) is 8.94. The van der Waals surface area contributed by atoms with Crippen LogP contribution in [-0.2, 0) is 25.5 Å². The lowest BCUT2D eigenvalue weighted by Crippen LogP contribution is -2.47. The van der Waals surface area contributed by atoms with Crippen molar-refractivity contribution in [2.24, 2.45) is 0 Å². The molecule has 0 saturated heterocycles. The summed E-state index contributed by atoms with van der Waals surface area (Å²) >= 11 is 0. The van der Waals surface area contributed by atoms with Crippen molar-refractivity contribution >= 4 is 29.2 Å². The molecule has 0 saturated carbocycles. The first-order valence-electron chi connectivity index (χ1n) is 8.94. The molecule has 8 nitrogen and oxygen atoms in total. The van der Waals surface area contributed by atoms with Crippen LogP contribution < -0.4 is 15.0 Å². The topological polar surface area (TPSA) is 109 Å². The molecule has 3 rings (SSSR count). The fourth-order valence-electron chi connectivity index (χ4n) is 2.88. The zero-order chi connectivity index (χ0) is 20.8. The van der Waals surface area contributed by atoms with Crippen LogP contribution >= 0.6 is 0 Å². The highest BCUT2D eigenvalue weighted by molar-refractivity contribution is 5.96. The van der Waals surface area contributed by atoms with E-state index in [9.17, 15) is 14.4 Å². The van der Waals surface area contributed by atoms with E-state index in [1.54, 1.807) is 48.5 Å². The third-order valence-electron chi connectivity index (χ3n) is 4.28.